The van der Waals surface area contributed by atoms with E-state index in [9.17, 15) is 10.1 Å². The number of H-pyrrole nitrogens is 1. The molecule has 0 spiro atoms. The predicted octanol–water partition coefficient (Wildman–Crippen LogP) is 5.50. The Bertz CT molecular complexity index is 1230. The van der Waals surface area contributed by atoms with Crippen LogP contribution in [0.3, 0.4) is 0 Å². The van der Waals surface area contributed by atoms with E-state index in [2.05, 4.69) is 20.9 Å². The van der Waals surface area contributed by atoms with Gasteiger partial charge in [-0.2, -0.15) is 5.26 Å². The van der Waals surface area contributed by atoms with Gasteiger partial charge in [-0.15, -0.1) is 0 Å². The third-order valence-electron chi connectivity index (χ3n) is 4.36. The maximum absolute atomic E-state index is 12.6. The van der Waals surface area contributed by atoms with Crippen LogP contribution >= 0.6 is 15.9 Å². The molecule has 0 aliphatic carbocycles. The van der Waals surface area contributed by atoms with Crippen LogP contribution in [0, 0.1) is 11.3 Å². The molecule has 0 amide bonds. The van der Waals surface area contributed by atoms with Crippen molar-refractivity contribution in [1.82, 2.24) is 4.98 Å². The molecule has 1 N–H and O–H groups in total. The number of hydrogen-bond donors (Lipinski definition) is 1. The van der Waals surface area contributed by atoms with Gasteiger partial charge in [0, 0.05) is 21.3 Å². The second kappa shape index (κ2) is 6.62. The van der Waals surface area contributed by atoms with Crippen molar-refractivity contribution < 1.29 is 0 Å². The fourth-order valence-corrected chi connectivity index (χ4v) is 3.56. The smallest absolute Gasteiger partial charge is 0.266 e. The minimum Gasteiger partial charge on any atom is -0.321 e. The number of nitriles is 1. The summed E-state index contributed by atoms with van der Waals surface area (Å²) in [5.41, 5.74) is 2.81. The molecule has 0 aliphatic heterocycles. The lowest BCUT2D eigenvalue weighted by Crippen LogP contribution is -2.12. The molecule has 0 bridgehead atoms. The highest BCUT2D eigenvalue weighted by Gasteiger charge is 2.14. The largest absolute Gasteiger partial charge is 0.321 e. The summed E-state index contributed by atoms with van der Waals surface area (Å²) in [5.74, 6) is 0. The van der Waals surface area contributed by atoms with Crippen LogP contribution in [0.5, 0.6) is 0 Å². The van der Waals surface area contributed by atoms with Crippen molar-refractivity contribution in [1.29, 1.82) is 5.26 Å². The molecule has 0 aliphatic rings. The van der Waals surface area contributed by atoms with Crippen LogP contribution in [0.4, 0.5) is 0 Å². The van der Waals surface area contributed by atoms with E-state index in [1.54, 1.807) is 0 Å². The molecule has 0 atom stereocenters. The van der Waals surface area contributed by atoms with E-state index in [0.29, 0.717) is 11.3 Å². The standard InChI is InChI=1S/C22H13BrN2O/c23-16-8-3-7-15(11-16)19-12-21(25-22(26)20(19)13-24)18-10-4-6-14-5-1-2-9-17(14)18/h1-12H,(H,25,26). The van der Waals surface area contributed by atoms with Crippen molar-refractivity contribution in [2.45, 2.75) is 0 Å². The first-order valence-electron chi connectivity index (χ1n) is 8.09. The number of fused-ring (bicyclic) bond motifs is 1. The van der Waals surface area contributed by atoms with Gasteiger partial charge >= 0.3 is 0 Å². The van der Waals surface area contributed by atoms with Gasteiger partial charge in [-0.1, -0.05) is 70.5 Å². The van der Waals surface area contributed by atoms with Crippen molar-refractivity contribution in [3.63, 3.8) is 0 Å². The summed E-state index contributed by atoms with van der Waals surface area (Å²) >= 11 is 3.45. The van der Waals surface area contributed by atoms with Gasteiger partial charge in [-0.3, -0.25) is 4.79 Å². The minimum atomic E-state index is -0.382. The van der Waals surface area contributed by atoms with Gasteiger partial charge in [0.05, 0.1) is 0 Å². The van der Waals surface area contributed by atoms with Gasteiger partial charge in [0.2, 0.25) is 0 Å². The second-order valence-corrected chi connectivity index (χ2v) is 6.87. The van der Waals surface area contributed by atoms with Gasteiger partial charge in [0.25, 0.3) is 5.56 Å². The molecule has 4 aromatic rings. The molecule has 0 radical (unpaired) electrons. The maximum atomic E-state index is 12.6. The molecule has 3 nitrogen and oxygen atoms in total. The Kier molecular flexibility index (Phi) is 4.16. The van der Waals surface area contributed by atoms with Crippen LogP contribution < -0.4 is 5.56 Å². The average Bonchev–Trinajstić information content (AvgIpc) is 2.67. The van der Waals surface area contributed by atoms with E-state index in [-0.39, 0.29) is 11.1 Å². The summed E-state index contributed by atoms with van der Waals surface area (Å²) < 4.78 is 0.894. The fraction of sp³-hybridized carbons (Fsp3) is 0. The number of aromatic nitrogens is 1. The van der Waals surface area contributed by atoms with E-state index in [1.165, 1.54) is 0 Å². The Morgan fingerprint density at radius 3 is 2.46 bits per heavy atom. The summed E-state index contributed by atoms with van der Waals surface area (Å²) in [4.78, 5) is 15.4. The molecule has 4 heteroatoms. The lowest BCUT2D eigenvalue weighted by atomic mass is 9.97. The maximum Gasteiger partial charge on any atom is 0.266 e. The highest BCUT2D eigenvalue weighted by atomic mass is 79.9. The molecule has 0 saturated carbocycles. The van der Waals surface area contributed by atoms with Crippen molar-refractivity contribution in [2.24, 2.45) is 0 Å². The Morgan fingerprint density at radius 1 is 0.885 bits per heavy atom. The van der Waals surface area contributed by atoms with E-state index in [0.717, 1.165) is 26.4 Å². The molecule has 0 unspecified atom stereocenters. The van der Waals surface area contributed by atoms with Gasteiger partial charge < -0.3 is 4.98 Å². The summed E-state index contributed by atoms with van der Waals surface area (Å²) in [6.07, 6.45) is 0. The first kappa shape index (κ1) is 16.3. The van der Waals surface area contributed by atoms with E-state index < -0.39 is 0 Å². The first-order valence-corrected chi connectivity index (χ1v) is 8.88. The summed E-state index contributed by atoms with van der Waals surface area (Å²) in [7, 11) is 0. The van der Waals surface area contributed by atoms with Crippen molar-refractivity contribution in [3.8, 4) is 28.5 Å². The number of hydrogen-bond acceptors (Lipinski definition) is 2. The second-order valence-electron chi connectivity index (χ2n) is 5.95. The molecule has 26 heavy (non-hydrogen) atoms. The molecule has 3 aromatic carbocycles. The SMILES string of the molecule is N#Cc1c(-c2cccc(Br)c2)cc(-c2cccc3ccccc23)[nH]c1=O. The van der Waals surface area contributed by atoms with Crippen LogP contribution in [0.1, 0.15) is 5.56 Å². The lowest BCUT2D eigenvalue weighted by molar-refractivity contribution is 1.22. The van der Waals surface area contributed by atoms with Crippen LogP contribution in [0.2, 0.25) is 0 Å². The molecule has 124 valence electrons. The minimum absolute atomic E-state index is 0.118. The molecule has 0 saturated heterocycles. The van der Waals surface area contributed by atoms with Gasteiger partial charge in [-0.05, 0) is 34.5 Å². The third-order valence-corrected chi connectivity index (χ3v) is 4.85. The highest BCUT2D eigenvalue weighted by Crippen LogP contribution is 2.31. The molecule has 1 aromatic heterocycles. The van der Waals surface area contributed by atoms with Gasteiger partial charge in [-0.25, -0.2) is 0 Å². The lowest BCUT2D eigenvalue weighted by Gasteiger charge is -2.10. The van der Waals surface area contributed by atoms with Crippen LogP contribution in [-0.4, -0.2) is 4.98 Å². The number of rotatable bonds is 2. The van der Waals surface area contributed by atoms with Crippen LogP contribution in [0.15, 0.2) is 82.1 Å². The zero-order valence-corrected chi connectivity index (χ0v) is 15.2. The number of nitrogens with one attached hydrogen (secondary N) is 1. The predicted molar refractivity (Wildman–Crippen MR) is 108 cm³/mol. The van der Waals surface area contributed by atoms with Crippen molar-refractivity contribution in [3.05, 3.63) is 93.2 Å². The summed E-state index contributed by atoms with van der Waals surface area (Å²) in [6, 6.07) is 25.5. The average molecular weight is 401 g/mol. The molecule has 1 heterocycles. The molecular formula is C22H13BrN2O. The topological polar surface area (TPSA) is 56.6 Å². The Labute approximate surface area is 158 Å². The zero-order chi connectivity index (χ0) is 18.1. The van der Waals surface area contributed by atoms with Crippen molar-refractivity contribution >= 4 is 26.7 Å². The molecule has 0 fully saturated rings. The van der Waals surface area contributed by atoms with Crippen LogP contribution in [0.25, 0.3) is 33.2 Å². The zero-order valence-electron chi connectivity index (χ0n) is 13.7. The van der Waals surface area contributed by atoms with Gasteiger partial charge in [0.15, 0.2) is 0 Å². The van der Waals surface area contributed by atoms with E-state index >= 15 is 0 Å². The first-order chi connectivity index (χ1) is 12.7. The molecular weight excluding hydrogens is 388 g/mol. The van der Waals surface area contributed by atoms with Crippen LogP contribution in [-0.2, 0) is 0 Å². The van der Waals surface area contributed by atoms with Gasteiger partial charge in [0.1, 0.15) is 11.6 Å². The number of aromatic amines is 1. The Morgan fingerprint density at radius 2 is 1.65 bits per heavy atom. The van der Waals surface area contributed by atoms with E-state index in [1.807, 2.05) is 78.9 Å². The Hall–Kier alpha value is -3.16. The monoisotopic (exact) mass is 400 g/mol. The number of halogens is 1. The normalized spacial score (nSPS) is 10.6. The quantitative estimate of drug-likeness (QED) is 0.483. The Balaban J connectivity index is 2.02. The highest BCUT2D eigenvalue weighted by molar-refractivity contribution is 9.10. The van der Waals surface area contributed by atoms with Crippen molar-refractivity contribution in [2.75, 3.05) is 0 Å². The third kappa shape index (κ3) is 2.83. The number of pyridine rings is 1. The fourth-order valence-electron chi connectivity index (χ4n) is 3.16. The molecule has 4 rings (SSSR count). The summed E-state index contributed by atoms with van der Waals surface area (Å²) in [5, 5.41) is 11.6. The number of nitrogens with zero attached hydrogens (tertiary/aromatic N) is 1. The van der Waals surface area contributed by atoms with E-state index in [4.69, 9.17) is 0 Å². The summed E-state index contributed by atoms with van der Waals surface area (Å²) in [6.45, 7) is 0. The number of benzene rings is 3.